The van der Waals surface area contributed by atoms with E-state index in [0.29, 0.717) is 0 Å². The van der Waals surface area contributed by atoms with Gasteiger partial charge in [-0.25, -0.2) is 0 Å². The summed E-state index contributed by atoms with van der Waals surface area (Å²) in [6, 6.07) is 47.1. The van der Waals surface area contributed by atoms with Gasteiger partial charge in [0.25, 0.3) is 0 Å². The summed E-state index contributed by atoms with van der Waals surface area (Å²) in [7, 11) is -1.44. The SMILES string of the molecule is C[Si](C)(C)c1ccc(-c2cccc(N(c3cccc(-c4cc5c(cn4)oc4ccccc45)c3)c3cccc4ccccc34)c2)nc1. The maximum atomic E-state index is 6.06. The molecule has 4 nitrogen and oxygen atoms in total. The number of para-hydroxylation sites is 1. The summed E-state index contributed by atoms with van der Waals surface area (Å²) >= 11 is 0. The summed E-state index contributed by atoms with van der Waals surface area (Å²) in [6.07, 6.45) is 3.90. The van der Waals surface area contributed by atoms with Crippen LogP contribution in [0.4, 0.5) is 17.1 Å². The van der Waals surface area contributed by atoms with E-state index in [1.165, 1.54) is 16.0 Å². The van der Waals surface area contributed by atoms with Crippen LogP contribution in [0.1, 0.15) is 0 Å². The average molecular weight is 612 g/mol. The first-order chi connectivity index (χ1) is 22.4. The first-order valence-corrected chi connectivity index (χ1v) is 19.1. The van der Waals surface area contributed by atoms with E-state index in [9.17, 15) is 0 Å². The Kier molecular flexibility index (Phi) is 6.77. The molecule has 3 aromatic heterocycles. The van der Waals surface area contributed by atoms with E-state index >= 15 is 0 Å². The second-order valence-electron chi connectivity index (χ2n) is 12.8. The number of hydrogen-bond acceptors (Lipinski definition) is 4. The molecule has 0 bridgehead atoms. The van der Waals surface area contributed by atoms with Crippen molar-refractivity contribution in [1.29, 1.82) is 0 Å². The van der Waals surface area contributed by atoms with Crippen molar-refractivity contribution < 1.29 is 4.42 Å². The lowest BCUT2D eigenvalue weighted by molar-refractivity contribution is 0.667. The summed E-state index contributed by atoms with van der Waals surface area (Å²) in [6.45, 7) is 7.06. The van der Waals surface area contributed by atoms with Gasteiger partial charge in [0.2, 0.25) is 0 Å². The number of furan rings is 1. The number of hydrogen-bond donors (Lipinski definition) is 0. The fourth-order valence-corrected chi connectivity index (χ4v) is 7.27. The van der Waals surface area contributed by atoms with Crippen molar-refractivity contribution >= 4 is 63.0 Å². The zero-order valence-electron chi connectivity index (χ0n) is 26.1. The van der Waals surface area contributed by atoms with Gasteiger partial charge in [-0.05, 0) is 59.1 Å². The standard InChI is InChI=1S/C41H33N3OSi/c1-46(2,3)33-21-22-37(42-26-33)29-13-8-15-31(23-29)44(39-19-10-12-28-11-4-5-17-34(28)39)32-16-9-14-30(24-32)38-25-36-35-18-6-7-20-40(35)45-41(36)27-43-38/h4-27H,1-3H3. The first kappa shape index (κ1) is 28.0. The fourth-order valence-electron chi connectivity index (χ4n) is 6.24. The van der Waals surface area contributed by atoms with Crippen molar-refractivity contribution in [3.8, 4) is 22.5 Å². The molecular formula is C41H33N3OSi. The van der Waals surface area contributed by atoms with Crippen LogP contribution in [0, 0.1) is 0 Å². The molecule has 0 atom stereocenters. The average Bonchev–Trinajstić information content (AvgIpc) is 3.47. The molecule has 0 unspecified atom stereocenters. The van der Waals surface area contributed by atoms with Crippen molar-refractivity contribution in [2.75, 3.05) is 4.90 Å². The highest BCUT2D eigenvalue weighted by molar-refractivity contribution is 6.88. The minimum Gasteiger partial charge on any atom is -0.454 e. The van der Waals surface area contributed by atoms with Crippen LogP contribution >= 0.6 is 0 Å². The molecule has 0 saturated heterocycles. The molecule has 46 heavy (non-hydrogen) atoms. The molecule has 0 spiro atoms. The highest BCUT2D eigenvalue weighted by atomic mass is 28.3. The largest absolute Gasteiger partial charge is 0.454 e. The van der Waals surface area contributed by atoms with Gasteiger partial charge >= 0.3 is 0 Å². The maximum absolute atomic E-state index is 6.06. The van der Waals surface area contributed by atoms with Crippen molar-refractivity contribution in [2.24, 2.45) is 0 Å². The molecule has 0 aliphatic carbocycles. The van der Waals surface area contributed by atoms with Gasteiger partial charge in [-0.15, -0.1) is 0 Å². The molecule has 222 valence electrons. The van der Waals surface area contributed by atoms with Gasteiger partial charge in [0.05, 0.1) is 31.3 Å². The van der Waals surface area contributed by atoms with Gasteiger partial charge in [-0.2, -0.15) is 0 Å². The lowest BCUT2D eigenvalue weighted by Crippen LogP contribution is -2.37. The minimum atomic E-state index is -1.44. The fraction of sp³-hybridized carbons (Fsp3) is 0.0732. The first-order valence-electron chi connectivity index (χ1n) is 15.6. The highest BCUT2D eigenvalue weighted by Crippen LogP contribution is 2.41. The zero-order valence-corrected chi connectivity index (χ0v) is 27.1. The number of fused-ring (bicyclic) bond motifs is 4. The Balaban J connectivity index is 1.28. The monoisotopic (exact) mass is 611 g/mol. The number of anilines is 3. The van der Waals surface area contributed by atoms with Crippen LogP contribution in [0.5, 0.6) is 0 Å². The molecule has 0 fully saturated rings. The van der Waals surface area contributed by atoms with E-state index in [2.05, 4.69) is 146 Å². The van der Waals surface area contributed by atoms with Crippen molar-refractivity contribution in [3.63, 3.8) is 0 Å². The van der Waals surface area contributed by atoms with Gasteiger partial charge in [-0.3, -0.25) is 9.97 Å². The molecule has 0 N–H and O–H groups in total. The van der Waals surface area contributed by atoms with Crippen molar-refractivity contribution in [1.82, 2.24) is 9.97 Å². The Bertz CT molecular complexity index is 2360. The summed E-state index contributed by atoms with van der Waals surface area (Å²) < 4.78 is 6.06. The quantitative estimate of drug-likeness (QED) is 0.175. The summed E-state index contributed by atoms with van der Waals surface area (Å²) in [5.74, 6) is 0. The van der Waals surface area contributed by atoms with E-state index in [4.69, 9.17) is 14.4 Å². The lowest BCUT2D eigenvalue weighted by atomic mass is 10.0. The van der Waals surface area contributed by atoms with Gasteiger partial charge < -0.3 is 9.32 Å². The van der Waals surface area contributed by atoms with Crippen molar-refractivity contribution in [3.05, 3.63) is 146 Å². The second kappa shape index (κ2) is 11.1. The minimum absolute atomic E-state index is 0.793. The Morgan fingerprint density at radius 3 is 1.91 bits per heavy atom. The molecular weight excluding hydrogens is 579 g/mol. The predicted molar refractivity (Wildman–Crippen MR) is 195 cm³/mol. The van der Waals surface area contributed by atoms with Gasteiger partial charge in [0, 0.05) is 44.9 Å². The van der Waals surface area contributed by atoms with Crippen LogP contribution in [0.15, 0.2) is 150 Å². The number of aromatic nitrogens is 2. The van der Waals surface area contributed by atoms with Crippen LogP contribution in [0.3, 0.4) is 0 Å². The van der Waals surface area contributed by atoms with E-state index in [-0.39, 0.29) is 0 Å². The third-order valence-corrected chi connectivity index (χ3v) is 10.7. The van der Waals surface area contributed by atoms with E-state index < -0.39 is 8.07 Å². The molecule has 0 radical (unpaired) electrons. The van der Waals surface area contributed by atoms with E-state index in [1.807, 2.05) is 24.4 Å². The molecule has 8 rings (SSSR count). The molecule has 8 aromatic rings. The molecule has 5 heteroatoms. The Morgan fingerprint density at radius 1 is 0.522 bits per heavy atom. The normalized spacial score (nSPS) is 11.8. The summed E-state index contributed by atoms with van der Waals surface area (Å²) in [5, 5.41) is 5.90. The third kappa shape index (κ3) is 5.05. The Labute approximate surface area is 269 Å². The summed E-state index contributed by atoms with van der Waals surface area (Å²) in [4.78, 5) is 12.1. The van der Waals surface area contributed by atoms with Crippen molar-refractivity contribution in [2.45, 2.75) is 19.6 Å². The molecule has 0 aliphatic heterocycles. The van der Waals surface area contributed by atoms with Gasteiger partial charge in [0.1, 0.15) is 5.58 Å². The van der Waals surface area contributed by atoms with Crippen LogP contribution < -0.4 is 10.1 Å². The molecule has 5 aromatic carbocycles. The highest BCUT2D eigenvalue weighted by Gasteiger charge is 2.19. The summed E-state index contributed by atoms with van der Waals surface area (Å²) in [5.41, 5.74) is 8.88. The molecule has 0 aliphatic rings. The zero-order chi connectivity index (χ0) is 31.3. The topological polar surface area (TPSA) is 42.2 Å². The van der Waals surface area contributed by atoms with Gasteiger partial charge in [-0.1, -0.05) is 105 Å². The number of rotatable bonds is 6. The number of benzene rings is 5. The third-order valence-electron chi connectivity index (χ3n) is 8.70. The van der Waals surface area contributed by atoms with Crippen LogP contribution in [-0.4, -0.2) is 18.0 Å². The number of pyridine rings is 2. The van der Waals surface area contributed by atoms with Gasteiger partial charge in [0.15, 0.2) is 5.58 Å². The Hall–Kier alpha value is -5.52. The molecule has 3 heterocycles. The molecule has 0 amide bonds. The van der Waals surface area contributed by atoms with Crippen LogP contribution in [0.2, 0.25) is 19.6 Å². The predicted octanol–water partition coefficient (Wildman–Crippen LogP) is 10.9. The lowest BCUT2D eigenvalue weighted by Gasteiger charge is -2.27. The van der Waals surface area contributed by atoms with E-state index in [0.717, 1.165) is 61.5 Å². The van der Waals surface area contributed by atoms with E-state index in [1.54, 1.807) is 0 Å². The molecule has 0 saturated carbocycles. The Morgan fingerprint density at radius 2 is 1.17 bits per heavy atom. The second-order valence-corrected chi connectivity index (χ2v) is 17.9. The number of nitrogens with zero attached hydrogens (tertiary/aromatic N) is 3. The van der Waals surface area contributed by atoms with Crippen LogP contribution in [-0.2, 0) is 0 Å². The van der Waals surface area contributed by atoms with Crippen LogP contribution in [0.25, 0.3) is 55.2 Å². The maximum Gasteiger partial charge on any atom is 0.153 e. The smallest absolute Gasteiger partial charge is 0.153 e.